The van der Waals surface area contributed by atoms with Gasteiger partial charge in [-0.15, -0.1) is 0 Å². The Morgan fingerprint density at radius 2 is 0.865 bits per heavy atom. The second-order valence-electron chi connectivity index (χ2n) is 19.5. The summed E-state index contributed by atoms with van der Waals surface area (Å²) >= 11 is 1.39. The highest BCUT2D eigenvalue weighted by atomic mass is 32.2. The van der Waals surface area contributed by atoms with Crippen LogP contribution in [0.15, 0.2) is 60.7 Å². The van der Waals surface area contributed by atoms with Gasteiger partial charge in [0.25, 0.3) is 0 Å². The fourth-order valence-corrected chi connectivity index (χ4v) is 8.02. The van der Waals surface area contributed by atoms with E-state index in [-0.39, 0.29) is 56.3 Å². The molecule has 9 amide bonds. The van der Waals surface area contributed by atoms with Crippen molar-refractivity contribution in [2.24, 2.45) is 29.2 Å². The van der Waals surface area contributed by atoms with Gasteiger partial charge >= 0.3 is 5.97 Å². The number of carbonyl (C=O) groups is 10. The molecule has 0 unspecified atom stereocenters. The fourth-order valence-electron chi connectivity index (χ4n) is 7.54. The van der Waals surface area contributed by atoms with Crippen LogP contribution >= 0.6 is 11.8 Å². The van der Waals surface area contributed by atoms with E-state index < -0.39 is 127 Å². The summed E-state index contributed by atoms with van der Waals surface area (Å²) in [6.07, 6.45) is 1.55. The van der Waals surface area contributed by atoms with Gasteiger partial charge < -0.3 is 64.2 Å². The molecule has 0 heterocycles. The molecule has 14 N–H and O–H groups in total. The van der Waals surface area contributed by atoms with Gasteiger partial charge in [0.15, 0.2) is 0 Å². The van der Waals surface area contributed by atoms with Crippen LogP contribution < -0.4 is 54.0 Å². The van der Waals surface area contributed by atoms with Crippen molar-refractivity contribution in [3.63, 3.8) is 0 Å². The van der Waals surface area contributed by atoms with Crippen LogP contribution in [-0.4, -0.2) is 142 Å². The van der Waals surface area contributed by atoms with Crippen molar-refractivity contribution < 1.29 is 58.2 Å². The molecule has 9 atom stereocenters. The van der Waals surface area contributed by atoms with Gasteiger partial charge in [0.05, 0.1) is 19.1 Å². The second-order valence-corrected chi connectivity index (χ2v) is 20.5. The van der Waals surface area contributed by atoms with Gasteiger partial charge in [-0.25, -0.2) is 4.79 Å². The van der Waals surface area contributed by atoms with Gasteiger partial charge in [-0.2, -0.15) is 11.8 Å². The van der Waals surface area contributed by atoms with Crippen LogP contribution in [0.4, 0.5) is 0 Å². The van der Waals surface area contributed by atoms with Crippen molar-refractivity contribution >= 4 is 70.9 Å². The van der Waals surface area contributed by atoms with Crippen molar-refractivity contribution in [1.29, 1.82) is 0 Å². The number of carbonyl (C=O) groups excluding carboxylic acids is 9. The number of amides is 9. The normalized spacial score (nSPS) is 14.9. The van der Waals surface area contributed by atoms with E-state index in [0.717, 1.165) is 5.56 Å². The molecule has 0 aliphatic carbocycles. The average Bonchev–Trinajstić information content (AvgIpc) is 3.32. The van der Waals surface area contributed by atoms with E-state index in [0.29, 0.717) is 11.3 Å². The first kappa shape index (κ1) is 63.5. The number of nitrogens with two attached hydrogens (primary N) is 2. The monoisotopic (exact) mass is 1050 g/mol. The van der Waals surface area contributed by atoms with Crippen LogP contribution in [0, 0.1) is 17.8 Å². The molecule has 0 aliphatic rings. The zero-order chi connectivity index (χ0) is 55.7. The van der Waals surface area contributed by atoms with E-state index >= 15 is 0 Å². The number of benzene rings is 2. The van der Waals surface area contributed by atoms with Gasteiger partial charge in [0.1, 0.15) is 48.3 Å². The maximum Gasteiger partial charge on any atom is 0.326 e. The Bertz CT molecular complexity index is 2190. The van der Waals surface area contributed by atoms with Crippen LogP contribution in [-0.2, 0) is 60.8 Å². The molecule has 2 aromatic rings. The third kappa shape index (κ3) is 23.5. The summed E-state index contributed by atoms with van der Waals surface area (Å²) in [6.45, 7) is 11.2. The number of primary amides is 1. The van der Waals surface area contributed by atoms with Crippen molar-refractivity contribution in [3.8, 4) is 0 Å². The molecule has 0 fully saturated rings. The number of aliphatic hydroxyl groups excluding tert-OH is 1. The largest absolute Gasteiger partial charge is 0.480 e. The molecule has 0 aliphatic heterocycles. The molecular formula is C51H78N10O12S. The maximum atomic E-state index is 14.1. The summed E-state index contributed by atoms with van der Waals surface area (Å²) in [5.74, 6) is -8.96. The Morgan fingerprint density at radius 1 is 0.486 bits per heavy atom. The number of carboxylic acids is 1. The van der Waals surface area contributed by atoms with E-state index in [1.165, 1.54) is 18.7 Å². The fraction of sp³-hybridized carbons (Fsp3) is 0.569. The van der Waals surface area contributed by atoms with Crippen molar-refractivity contribution in [1.82, 2.24) is 42.5 Å². The first-order chi connectivity index (χ1) is 34.8. The van der Waals surface area contributed by atoms with Gasteiger partial charge in [-0.3, -0.25) is 43.2 Å². The summed E-state index contributed by atoms with van der Waals surface area (Å²) in [5.41, 5.74) is 13.0. The topological polar surface area (TPSA) is 359 Å². The van der Waals surface area contributed by atoms with Crippen molar-refractivity contribution in [2.45, 2.75) is 148 Å². The van der Waals surface area contributed by atoms with Crippen molar-refractivity contribution in [2.75, 3.05) is 18.6 Å². The third-order valence-electron chi connectivity index (χ3n) is 11.4. The number of hydrogen-bond acceptors (Lipinski definition) is 13. The average molecular weight is 1060 g/mol. The molecule has 0 bridgehead atoms. The molecule has 0 spiro atoms. The second kappa shape index (κ2) is 32.6. The quantitative estimate of drug-likeness (QED) is 0.0431. The number of hydrogen-bond donors (Lipinski definition) is 12. The SMILES string of the molecule is CSCC[C@H](NC(=O)[C@H](CC(C)C)NC(=O)[C@H](CO)NC(=O)[C@H](Cc1ccccc1)NC(=O)[C@H](CC(N)=O)NC(=O)[C@H](C)NC(=O)[C@H](CC(C)C)NC(=O)[C@@H](N)Cc1ccccc1)C(=O)N[C@@H](CC(C)C)C(=O)O. The predicted molar refractivity (Wildman–Crippen MR) is 279 cm³/mol. The molecule has 2 aromatic carbocycles. The van der Waals surface area contributed by atoms with Crippen LogP contribution in [0.25, 0.3) is 0 Å². The maximum absolute atomic E-state index is 14.1. The summed E-state index contributed by atoms with van der Waals surface area (Å²) < 4.78 is 0. The van der Waals surface area contributed by atoms with Gasteiger partial charge in [-0.05, 0) is 79.9 Å². The lowest BCUT2D eigenvalue weighted by atomic mass is 10.0. The van der Waals surface area contributed by atoms with Gasteiger partial charge in [0.2, 0.25) is 53.2 Å². The van der Waals surface area contributed by atoms with E-state index in [2.05, 4.69) is 42.5 Å². The Balaban J connectivity index is 2.30. The standard InChI is InChI=1S/C51H78N10O12S/c1-28(2)21-36(57-44(65)34(52)24-32-15-11-9-12-16-32)46(67)54-31(7)43(64)56-39(26-42(53)63)49(70)59-38(25-33-17-13-10-14-18-33)48(69)61-41(27-62)50(71)58-37(22-29(3)4)47(68)55-35(19-20-74-8)45(66)60-40(51(72)73)23-30(5)6/h9-18,28-31,34-41,62H,19-27,52H2,1-8H3,(H2,53,63)(H,54,67)(H,55,68)(H,56,64)(H,57,65)(H,58,71)(H,59,70)(H,60,66)(H,61,69)(H,72,73)/t31-,34-,35-,36-,37-,38-,39-,40-,41-/m0/s1. The zero-order valence-electron chi connectivity index (χ0n) is 43.6. The molecule has 410 valence electrons. The lowest BCUT2D eigenvalue weighted by Crippen LogP contribution is -2.61. The van der Waals surface area contributed by atoms with Gasteiger partial charge in [-0.1, -0.05) is 102 Å². The Morgan fingerprint density at radius 3 is 1.35 bits per heavy atom. The van der Waals surface area contributed by atoms with Crippen LogP contribution in [0.3, 0.4) is 0 Å². The summed E-state index contributed by atoms with van der Waals surface area (Å²) in [5, 5.41) is 40.3. The minimum absolute atomic E-state index is 0.0482. The van der Waals surface area contributed by atoms with Crippen molar-refractivity contribution in [3.05, 3.63) is 71.8 Å². The third-order valence-corrected chi connectivity index (χ3v) is 12.0. The number of aliphatic carboxylic acids is 1. The molecule has 22 nitrogen and oxygen atoms in total. The van der Waals surface area contributed by atoms with Crippen LogP contribution in [0.5, 0.6) is 0 Å². The van der Waals surface area contributed by atoms with E-state index in [1.54, 1.807) is 76.4 Å². The van der Waals surface area contributed by atoms with Crippen LogP contribution in [0.1, 0.15) is 91.7 Å². The van der Waals surface area contributed by atoms with E-state index in [9.17, 15) is 58.2 Å². The number of carboxylic acid groups (broad SMARTS) is 1. The Hall–Kier alpha value is -6.59. The number of thioether (sulfide) groups is 1. The predicted octanol–water partition coefficient (Wildman–Crippen LogP) is -0.459. The summed E-state index contributed by atoms with van der Waals surface area (Å²) in [7, 11) is 0. The molecule has 23 heteroatoms. The summed E-state index contributed by atoms with van der Waals surface area (Å²) in [4.78, 5) is 133. The molecule has 0 saturated carbocycles. The number of aliphatic hydroxyl groups is 1. The molecule has 74 heavy (non-hydrogen) atoms. The lowest BCUT2D eigenvalue weighted by Gasteiger charge is -2.28. The highest BCUT2D eigenvalue weighted by Gasteiger charge is 2.35. The number of nitrogens with one attached hydrogen (secondary N) is 8. The number of rotatable bonds is 33. The smallest absolute Gasteiger partial charge is 0.326 e. The van der Waals surface area contributed by atoms with Crippen LogP contribution in [0.2, 0.25) is 0 Å². The highest BCUT2D eigenvalue weighted by Crippen LogP contribution is 2.12. The molecule has 2 rings (SSSR count). The lowest BCUT2D eigenvalue weighted by molar-refractivity contribution is -0.143. The first-order valence-corrected chi connectivity index (χ1v) is 26.1. The van der Waals surface area contributed by atoms with Gasteiger partial charge in [0, 0.05) is 6.42 Å². The van der Waals surface area contributed by atoms with E-state index in [4.69, 9.17) is 11.5 Å². The minimum Gasteiger partial charge on any atom is -0.480 e. The first-order valence-electron chi connectivity index (χ1n) is 24.7. The highest BCUT2D eigenvalue weighted by molar-refractivity contribution is 7.98. The Kier molecular flexibility index (Phi) is 28.0. The zero-order valence-corrected chi connectivity index (χ0v) is 44.4. The summed E-state index contributed by atoms with van der Waals surface area (Å²) in [6, 6.07) is 5.41. The minimum atomic E-state index is -1.70. The molecule has 0 radical (unpaired) electrons. The molecule has 0 saturated heterocycles. The van der Waals surface area contributed by atoms with E-state index in [1.807, 2.05) is 32.0 Å². The Labute approximate surface area is 437 Å². The molecular weight excluding hydrogens is 977 g/mol. The molecule has 0 aromatic heterocycles.